The molecule has 4 nitrogen and oxygen atoms in total. The zero-order valence-corrected chi connectivity index (χ0v) is 14.9. The molecule has 0 spiro atoms. The van der Waals surface area contributed by atoms with E-state index < -0.39 is 5.82 Å². The van der Waals surface area contributed by atoms with Crippen LogP contribution in [0, 0.1) is 5.82 Å². The van der Waals surface area contributed by atoms with Gasteiger partial charge in [0.15, 0.2) is 11.6 Å². The Morgan fingerprint density at radius 2 is 1.75 bits per heavy atom. The molecule has 0 aromatic heterocycles. The Bertz CT molecular complexity index is 768. The van der Waals surface area contributed by atoms with Crippen LogP contribution in [0.4, 0.5) is 15.8 Å². The second-order valence-corrected chi connectivity index (χ2v) is 5.93. The van der Waals surface area contributed by atoms with Gasteiger partial charge in [0.1, 0.15) is 5.69 Å². The highest BCUT2D eigenvalue weighted by Gasteiger charge is 2.07. The highest BCUT2D eigenvalue weighted by atomic mass is 35.5. The Morgan fingerprint density at radius 1 is 1.08 bits per heavy atom. The highest BCUT2D eigenvalue weighted by molar-refractivity contribution is 6.39. The van der Waals surface area contributed by atoms with Gasteiger partial charge in [0, 0.05) is 20.3 Å². The largest absolute Gasteiger partial charge is 0.494 e. The summed E-state index contributed by atoms with van der Waals surface area (Å²) in [5.74, 6) is -0.271. The molecule has 0 aliphatic carbocycles. The van der Waals surface area contributed by atoms with Crippen LogP contribution in [0.15, 0.2) is 40.3 Å². The van der Waals surface area contributed by atoms with E-state index in [2.05, 4.69) is 9.98 Å². The van der Waals surface area contributed by atoms with E-state index in [0.29, 0.717) is 27.0 Å². The lowest BCUT2D eigenvalue weighted by atomic mass is 10.2. The molecule has 2 rings (SSSR count). The van der Waals surface area contributed by atoms with Crippen LogP contribution in [0.3, 0.4) is 0 Å². The van der Waals surface area contributed by atoms with E-state index in [1.165, 1.54) is 25.5 Å². The predicted molar refractivity (Wildman–Crippen MR) is 98.5 cm³/mol. The number of nitrogens with zero attached hydrogens (tertiary/aromatic N) is 3. The zero-order valence-electron chi connectivity index (χ0n) is 13.4. The van der Waals surface area contributed by atoms with E-state index in [0.717, 1.165) is 0 Å². The third-order valence-corrected chi connectivity index (χ3v) is 3.53. The van der Waals surface area contributed by atoms with Gasteiger partial charge in [-0.25, -0.2) is 9.38 Å². The summed E-state index contributed by atoms with van der Waals surface area (Å²) >= 11 is 12.4. The van der Waals surface area contributed by atoms with Crippen LogP contribution in [0.1, 0.15) is 5.56 Å². The molecule has 24 heavy (non-hydrogen) atoms. The van der Waals surface area contributed by atoms with Gasteiger partial charge in [-0.05, 0) is 35.9 Å². The predicted octanol–water partition coefficient (Wildman–Crippen LogP) is 5.11. The van der Waals surface area contributed by atoms with Crippen molar-refractivity contribution in [2.45, 2.75) is 0 Å². The molecule has 126 valence electrons. The average molecular weight is 368 g/mol. The Kier molecular flexibility index (Phi) is 6.17. The van der Waals surface area contributed by atoms with Gasteiger partial charge >= 0.3 is 0 Å². The van der Waals surface area contributed by atoms with Crippen LogP contribution in [-0.4, -0.2) is 38.7 Å². The minimum atomic E-state index is -0.453. The molecule has 2 aromatic carbocycles. The minimum Gasteiger partial charge on any atom is -0.494 e. The molecule has 0 unspecified atom stereocenters. The maximum absolute atomic E-state index is 13.7. The SMILES string of the molecule is COc1ccc(C=Nc2cc(Cl)c(N=CN(C)C)c(Cl)c2)cc1F. The van der Waals surface area contributed by atoms with Crippen molar-refractivity contribution in [3.05, 3.63) is 51.8 Å². The molecule has 0 heterocycles. The molecule has 0 saturated heterocycles. The number of benzene rings is 2. The number of halogens is 3. The van der Waals surface area contributed by atoms with Gasteiger partial charge in [0.2, 0.25) is 0 Å². The molecule has 0 radical (unpaired) electrons. The number of rotatable bonds is 5. The fourth-order valence-electron chi connectivity index (χ4n) is 1.84. The third-order valence-electron chi connectivity index (χ3n) is 2.96. The van der Waals surface area contributed by atoms with Gasteiger partial charge in [-0.3, -0.25) is 4.99 Å². The van der Waals surface area contributed by atoms with Crippen LogP contribution in [0.5, 0.6) is 5.75 Å². The Morgan fingerprint density at radius 3 is 2.29 bits per heavy atom. The molecule has 2 aromatic rings. The van der Waals surface area contributed by atoms with Crippen molar-refractivity contribution in [1.82, 2.24) is 4.90 Å². The normalized spacial score (nSPS) is 11.4. The number of aliphatic imine (C=N–C) groups is 2. The van der Waals surface area contributed by atoms with Crippen molar-refractivity contribution >= 4 is 47.1 Å². The summed E-state index contributed by atoms with van der Waals surface area (Å²) in [5, 5.41) is 0.766. The van der Waals surface area contributed by atoms with Gasteiger partial charge in [-0.15, -0.1) is 0 Å². The fourth-order valence-corrected chi connectivity index (χ4v) is 2.41. The second kappa shape index (κ2) is 8.13. The lowest BCUT2D eigenvalue weighted by Crippen LogP contribution is -2.07. The topological polar surface area (TPSA) is 37.2 Å². The quantitative estimate of drug-likeness (QED) is 0.543. The summed E-state index contributed by atoms with van der Waals surface area (Å²) in [7, 11) is 5.10. The van der Waals surface area contributed by atoms with Crippen LogP contribution in [-0.2, 0) is 0 Å². The maximum Gasteiger partial charge on any atom is 0.165 e. The van der Waals surface area contributed by atoms with Crippen molar-refractivity contribution in [2.75, 3.05) is 21.2 Å². The summed E-state index contributed by atoms with van der Waals surface area (Å²) < 4.78 is 18.5. The van der Waals surface area contributed by atoms with E-state index in [-0.39, 0.29) is 5.75 Å². The smallest absolute Gasteiger partial charge is 0.165 e. The number of methoxy groups -OCH3 is 1. The molecule has 0 aliphatic heterocycles. The lowest BCUT2D eigenvalue weighted by Gasteiger charge is -2.06. The Hall–Kier alpha value is -2.11. The first-order valence-electron chi connectivity index (χ1n) is 6.98. The van der Waals surface area contributed by atoms with Crippen LogP contribution >= 0.6 is 23.2 Å². The van der Waals surface area contributed by atoms with Gasteiger partial charge in [0.05, 0.1) is 29.2 Å². The minimum absolute atomic E-state index is 0.182. The molecule has 0 N–H and O–H groups in total. The summed E-state index contributed by atoms with van der Waals surface area (Å²) in [6, 6.07) is 7.86. The summed E-state index contributed by atoms with van der Waals surface area (Å²) in [5.41, 5.74) is 1.61. The van der Waals surface area contributed by atoms with Crippen molar-refractivity contribution in [2.24, 2.45) is 9.98 Å². The van der Waals surface area contributed by atoms with E-state index in [1.54, 1.807) is 29.4 Å². The third kappa shape index (κ3) is 4.69. The molecular weight excluding hydrogens is 352 g/mol. The van der Waals surface area contributed by atoms with Gasteiger partial charge < -0.3 is 9.64 Å². The first-order chi connectivity index (χ1) is 11.4. The van der Waals surface area contributed by atoms with Crippen molar-refractivity contribution in [3.63, 3.8) is 0 Å². The average Bonchev–Trinajstić information content (AvgIpc) is 2.52. The fraction of sp³-hybridized carbons (Fsp3) is 0.176. The molecule has 0 atom stereocenters. The van der Waals surface area contributed by atoms with Gasteiger partial charge in [0.25, 0.3) is 0 Å². The van der Waals surface area contributed by atoms with Crippen LogP contribution in [0.2, 0.25) is 10.0 Å². The summed E-state index contributed by atoms with van der Waals surface area (Å²) in [4.78, 5) is 10.3. The monoisotopic (exact) mass is 367 g/mol. The van der Waals surface area contributed by atoms with E-state index >= 15 is 0 Å². The second-order valence-electron chi connectivity index (χ2n) is 5.12. The summed E-state index contributed by atoms with van der Waals surface area (Å²) in [6.45, 7) is 0. The summed E-state index contributed by atoms with van der Waals surface area (Å²) in [6.07, 6.45) is 3.13. The number of ether oxygens (including phenoxy) is 1. The van der Waals surface area contributed by atoms with E-state index in [4.69, 9.17) is 27.9 Å². The molecule has 0 saturated carbocycles. The molecular formula is C17H16Cl2FN3O. The molecule has 0 amide bonds. The number of hydrogen-bond donors (Lipinski definition) is 0. The van der Waals surface area contributed by atoms with Gasteiger partial charge in [-0.1, -0.05) is 23.2 Å². The van der Waals surface area contributed by atoms with E-state index in [1.807, 2.05) is 14.1 Å². The Labute approximate surface area is 150 Å². The van der Waals surface area contributed by atoms with Crippen molar-refractivity contribution in [1.29, 1.82) is 0 Å². The van der Waals surface area contributed by atoms with Crippen LogP contribution < -0.4 is 4.74 Å². The van der Waals surface area contributed by atoms with Crippen molar-refractivity contribution < 1.29 is 9.13 Å². The maximum atomic E-state index is 13.7. The van der Waals surface area contributed by atoms with Crippen LogP contribution in [0.25, 0.3) is 0 Å². The molecule has 0 aliphatic rings. The Balaban J connectivity index is 2.25. The molecule has 0 bridgehead atoms. The first-order valence-corrected chi connectivity index (χ1v) is 7.73. The highest BCUT2D eigenvalue weighted by Crippen LogP contribution is 2.37. The zero-order chi connectivity index (χ0) is 17.7. The molecule has 7 heteroatoms. The molecule has 0 fully saturated rings. The first kappa shape index (κ1) is 18.2. The van der Waals surface area contributed by atoms with Gasteiger partial charge in [-0.2, -0.15) is 0 Å². The standard InChI is InChI=1S/C17H16Cl2FN3O/c1-23(2)10-22-17-13(18)7-12(8-14(17)19)21-9-11-4-5-16(24-3)15(20)6-11/h4-10H,1-3H3. The lowest BCUT2D eigenvalue weighted by molar-refractivity contribution is 0.386. The van der Waals surface area contributed by atoms with Crippen molar-refractivity contribution in [3.8, 4) is 5.75 Å². The van der Waals surface area contributed by atoms with E-state index in [9.17, 15) is 4.39 Å². The number of hydrogen-bond acceptors (Lipinski definition) is 3.